The highest BCUT2D eigenvalue weighted by atomic mass is 35.7. The van der Waals surface area contributed by atoms with Crippen molar-refractivity contribution in [3.05, 3.63) is 41.3 Å². The Kier molecular flexibility index (Phi) is 8.79. The molecule has 2 bridgehead atoms. The van der Waals surface area contributed by atoms with Crippen molar-refractivity contribution in [2.75, 3.05) is 4.57 Å². The molecule has 2 aliphatic carbocycles. The largest absolute Gasteiger partial charge is 0.451 e. The summed E-state index contributed by atoms with van der Waals surface area (Å²) >= 11 is 15.3. The van der Waals surface area contributed by atoms with Gasteiger partial charge in [0.2, 0.25) is 8.40 Å². The van der Waals surface area contributed by atoms with Gasteiger partial charge >= 0.3 is 6.86 Å². The number of hydrogen-bond donors (Lipinski definition) is 0. The molecule has 1 saturated carbocycles. The van der Waals surface area contributed by atoms with E-state index in [4.69, 9.17) is 22.2 Å². The van der Waals surface area contributed by atoms with E-state index in [1.165, 1.54) is 25.0 Å². The SMILES string of the molecule is CC(C)[N+](=C[Si](Cl)(Cl)N(C1=C(P2N(C(C)(C)C)[Si](C)(C)N2C(C)(C)C)C2CCC1C2)c1ccccc1)C(C)C. The number of rotatable bonds is 7. The van der Waals surface area contributed by atoms with Crippen LogP contribution in [0.3, 0.4) is 0 Å². The van der Waals surface area contributed by atoms with Gasteiger partial charge in [-0.3, -0.25) is 8.67 Å². The molecule has 2 atom stereocenters. The van der Waals surface area contributed by atoms with Crippen LogP contribution >= 0.6 is 30.4 Å². The number of halogens is 2. The zero-order valence-electron chi connectivity index (χ0n) is 26.4. The molecule has 0 aromatic heterocycles. The molecule has 9 heteroatoms. The third-order valence-corrected chi connectivity index (χ3v) is 22.2. The summed E-state index contributed by atoms with van der Waals surface area (Å²) in [4.78, 5) is 0. The molecule has 2 unspecified atom stereocenters. The Morgan fingerprint density at radius 2 is 1.41 bits per heavy atom. The van der Waals surface area contributed by atoms with E-state index in [1.807, 2.05) is 0 Å². The molecule has 2 fully saturated rings. The van der Waals surface area contributed by atoms with Gasteiger partial charge in [0.15, 0.2) is 5.84 Å². The summed E-state index contributed by atoms with van der Waals surface area (Å²) in [6.45, 7) is 25.4. The van der Waals surface area contributed by atoms with E-state index in [2.05, 4.69) is 136 Å². The van der Waals surface area contributed by atoms with Gasteiger partial charge in [0.1, 0.15) is 12.1 Å². The van der Waals surface area contributed by atoms with Crippen molar-refractivity contribution in [3.63, 3.8) is 0 Å². The number of fused-ring (bicyclic) bond motifs is 2. The van der Waals surface area contributed by atoms with E-state index < -0.39 is 23.5 Å². The van der Waals surface area contributed by atoms with Crippen LogP contribution in [0, 0.1) is 11.8 Å². The van der Waals surface area contributed by atoms with Gasteiger partial charge in [-0.05, 0) is 126 Å². The molecule has 1 heterocycles. The number of para-hydroxylation sites is 1. The Balaban J connectivity index is 1.99. The maximum atomic E-state index is 7.66. The number of benzene rings is 1. The zero-order valence-corrected chi connectivity index (χ0v) is 30.8. The maximum absolute atomic E-state index is 7.66. The number of nitrogens with zero attached hydrogens (tertiary/aromatic N) is 4. The van der Waals surface area contributed by atoms with Crippen LogP contribution in [0.15, 0.2) is 41.3 Å². The fourth-order valence-electron chi connectivity index (χ4n) is 7.67. The molecule has 4 rings (SSSR count). The predicted molar refractivity (Wildman–Crippen MR) is 178 cm³/mol. The smallest absolute Gasteiger partial charge is 0.339 e. The minimum atomic E-state index is -3.11. The van der Waals surface area contributed by atoms with E-state index in [0.29, 0.717) is 23.9 Å². The molecule has 1 aliphatic heterocycles. The highest BCUT2D eigenvalue weighted by molar-refractivity contribution is 7.66. The summed E-state index contributed by atoms with van der Waals surface area (Å²) in [7, 11) is -2.43. The molecular formula is C30H52Cl2N4PSi2+. The summed E-state index contributed by atoms with van der Waals surface area (Å²) in [5.74, 6) is 3.35. The van der Waals surface area contributed by atoms with Crippen LogP contribution in [0.2, 0.25) is 13.1 Å². The molecular weight excluding hydrogens is 574 g/mol. The second kappa shape index (κ2) is 10.8. The first-order chi connectivity index (χ1) is 17.8. The monoisotopic (exact) mass is 625 g/mol. The average Bonchev–Trinajstić information content (AvgIpc) is 3.36. The molecule has 1 aromatic rings. The minimum Gasteiger partial charge on any atom is -0.339 e. The summed E-state index contributed by atoms with van der Waals surface area (Å²) in [5, 5.41) is 1.66. The first kappa shape index (κ1) is 31.7. The summed E-state index contributed by atoms with van der Waals surface area (Å²) < 4.78 is 10.7. The molecule has 0 N–H and O–H groups in total. The lowest BCUT2D eigenvalue weighted by molar-refractivity contribution is -0.582. The second-order valence-electron chi connectivity index (χ2n) is 14.7. The van der Waals surface area contributed by atoms with E-state index in [-0.39, 0.29) is 11.1 Å². The van der Waals surface area contributed by atoms with Crippen LogP contribution in [0.5, 0.6) is 0 Å². The van der Waals surface area contributed by atoms with E-state index >= 15 is 0 Å². The minimum absolute atomic E-state index is 0.107. The van der Waals surface area contributed by atoms with E-state index in [1.54, 1.807) is 5.31 Å². The summed E-state index contributed by atoms with van der Waals surface area (Å²) in [5.41, 5.74) is 2.80. The first-order valence-corrected chi connectivity index (χ1v) is 23.0. The predicted octanol–water partition coefficient (Wildman–Crippen LogP) is 9.22. The van der Waals surface area contributed by atoms with Gasteiger partial charge in [-0.25, -0.2) is 4.58 Å². The highest BCUT2D eigenvalue weighted by Crippen LogP contribution is 2.76. The normalized spacial score (nSPS) is 24.6. The van der Waals surface area contributed by atoms with Crippen molar-refractivity contribution < 1.29 is 4.58 Å². The Labute approximate surface area is 251 Å². The molecule has 1 aromatic carbocycles. The molecule has 0 radical (unpaired) electrons. The lowest BCUT2D eigenvalue weighted by Gasteiger charge is -2.71. The first-order valence-electron chi connectivity index (χ1n) is 14.8. The molecule has 0 amide bonds. The Bertz CT molecular complexity index is 1090. The number of allylic oxidation sites excluding steroid dienone is 2. The van der Waals surface area contributed by atoms with Crippen LogP contribution in [-0.2, 0) is 0 Å². The van der Waals surface area contributed by atoms with Crippen molar-refractivity contribution in [2.24, 2.45) is 11.8 Å². The van der Waals surface area contributed by atoms with Gasteiger partial charge < -0.3 is 4.57 Å². The molecule has 4 nitrogen and oxygen atoms in total. The van der Waals surface area contributed by atoms with Crippen molar-refractivity contribution in [3.8, 4) is 0 Å². The Hall–Kier alpha value is -0.206. The number of anilines is 1. The van der Waals surface area contributed by atoms with Gasteiger partial charge in [0.25, 0.3) is 0 Å². The Morgan fingerprint density at radius 3 is 1.87 bits per heavy atom. The van der Waals surface area contributed by atoms with Crippen LogP contribution in [-0.4, -0.2) is 57.5 Å². The maximum Gasteiger partial charge on any atom is 0.451 e. The van der Waals surface area contributed by atoms with Crippen LogP contribution in [0.4, 0.5) is 5.69 Å². The van der Waals surface area contributed by atoms with Crippen molar-refractivity contribution in [1.29, 1.82) is 0 Å². The highest BCUT2D eigenvalue weighted by Gasteiger charge is 2.65. The lowest BCUT2D eigenvalue weighted by atomic mass is 10.0. The second-order valence-corrected chi connectivity index (χ2v) is 27.2. The summed E-state index contributed by atoms with van der Waals surface area (Å²) in [6.07, 6.45) is 3.76. The van der Waals surface area contributed by atoms with Gasteiger partial charge in [0.05, 0.1) is 8.22 Å². The Morgan fingerprint density at radius 1 is 0.923 bits per heavy atom. The van der Waals surface area contributed by atoms with Crippen molar-refractivity contribution >= 4 is 57.2 Å². The van der Waals surface area contributed by atoms with Crippen molar-refractivity contribution in [2.45, 2.75) is 125 Å². The van der Waals surface area contributed by atoms with Gasteiger partial charge in [-0.2, -0.15) is 0 Å². The van der Waals surface area contributed by atoms with Gasteiger partial charge in [0, 0.05) is 27.8 Å². The average molecular weight is 627 g/mol. The van der Waals surface area contributed by atoms with E-state index in [9.17, 15) is 0 Å². The number of hydrogen-bond acceptors (Lipinski definition) is 3. The fourth-order valence-corrected chi connectivity index (χ4v) is 22.9. The molecule has 0 spiro atoms. The van der Waals surface area contributed by atoms with E-state index in [0.717, 1.165) is 5.69 Å². The third kappa shape index (κ3) is 5.75. The molecule has 218 valence electrons. The molecule has 1 saturated heterocycles. The fraction of sp³-hybridized carbons (Fsp3) is 0.700. The zero-order chi connectivity index (χ0) is 29.3. The van der Waals surface area contributed by atoms with Gasteiger partial charge in [-0.1, -0.05) is 18.2 Å². The summed E-state index contributed by atoms with van der Waals surface area (Å²) in [6, 6.07) is 11.4. The molecule has 39 heavy (non-hydrogen) atoms. The standard InChI is InChI=1S/C30H52Cl2N4PSi2/c1-22(2)33(23(3)4)21-39(31,32)34(26-16-14-13-15-17-26)27-24-18-19-25(20-24)28(27)37-35(29(5,6)7)38(11,12)36(37)30(8,9)10/h13-17,21-25H,18-20H2,1-12H3/q+1. The van der Waals surface area contributed by atoms with Gasteiger partial charge in [-0.15, -0.1) is 22.2 Å². The van der Waals surface area contributed by atoms with Crippen molar-refractivity contribution in [1.82, 2.24) is 8.67 Å². The van der Waals surface area contributed by atoms with Crippen LogP contribution < -0.4 is 4.57 Å². The van der Waals surface area contributed by atoms with Crippen LogP contribution in [0.1, 0.15) is 88.5 Å². The third-order valence-electron chi connectivity index (χ3n) is 8.42. The molecule has 3 aliphatic rings. The topological polar surface area (TPSA) is 12.7 Å². The quantitative estimate of drug-likeness (QED) is 0.0985. The van der Waals surface area contributed by atoms with Crippen LogP contribution in [0.25, 0.3) is 0 Å². The lowest BCUT2D eigenvalue weighted by Crippen LogP contribution is -2.77.